The second kappa shape index (κ2) is 11.8. The number of aromatic nitrogens is 4. The Labute approximate surface area is 257 Å². The highest BCUT2D eigenvalue weighted by Gasteiger charge is 2.62. The van der Waals surface area contributed by atoms with Gasteiger partial charge in [-0.15, -0.1) is 0 Å². The topological polar surface area (TPSA) is 116 Å². The van der Waals surface area contributed by atoms with Crippen LogP contribution >= 0.6 is 0 Å². The molecular weight excluding hydrogens is 587 g/mol. The number of carbonyl (C=O) groups is 1. The van der Waals surface area contributed by atoms with E-state index < -0.39 is 87.0 Å². The number of rotatable bonds is 8. The second-order valence-electron chi connectivity index (χ2n) is 9.99. The standard InChI is InChI=1S/C20H15B8F6N7O3/c1-8(38-10-6-37-39-13(43)12(10)16(32,33)34)7-44-3-2-11(42)40-17(21,22)19(25,26)41(20(27,28)18(40,23)24)14-35-4-9(5-36-14)15(29,30)31/h4-6,8H,2-3,7H2,1H3,(H2,38,39,43)/t8-/m0/s1. The van der Waals surface area contributed by atoms with Gasteiger partial charge in [-0.2, -0.15) is 31.4 Å². The van der Waals surface area contributed by atoms with Crippen molar-refractivity contribution in [3.8, 4) is 0 Å². The number of carbonyl (C=O) groups excluding carboxylic acids is 1. The molecule has 2 N–H and O–H groups in total. The number of alkyl halides is 6. The first-order valence-electron chi connectivity index (χ1n) is 12.2. The van der Waals surface area contributed by atoms with Crippen molar-refractivity contribution in [2.45, 2.75) is 53.1 Å². The zero-order valence-corrected chi connectivity index (χ0v) is 22.8. The van der Waals surface area contributed by atoms with Crippen LogP contribution in [0.2, 0.25) is 0 Å². The van der Waals surface area contributed by atoms with Gasteiger partial charge in [0, 0.05) is 18.4 Å². The Kier molecular flexibility index (Phi) is 9.53. The summed E-state index contributed by atoms with van der Waals surface area (Å²) in [5, 5.41) is -3.50. The predicted molar refractivity (Wildman–Crippen MR) is 152 cm³/mol. The fourth-order valence-corrected chi connectivity index (χ4v) is 4.28. The highest BCUT2D eigenvalue weighted by Crippen LogP contribution is 2.44. The van der Waals surface area contributed by atoms with Gasteiger partial charge in [-0.1, -0.05) is 0 Å². The summed E-state index contributed by atoms with van der Waals surface area (Å²) in [6, 6.07) is -0.838. The zero-order chi connectivity index (χ0) is 33.7. The van der Waals surface area contributed by atoms with E-state index in [0.29, 0.717) is 22.2 Å². The summed E-state index contributed by atoms with van der Waals surface area (Å²) in [4.78, 5) is 32.8. The third-order valence-electron chi connectivity index (χ3n) is 6.55. The molecule has 0 aromatic carbocycles. The van der Waals surface area contributed by atoms with Crippen LogP contribution in [0.1, 0.15) is 24.5 Å². The summed E-state index contributed by atoms with van der Waals surface area (Å²) in [5.41, 5.74) is -4.83. The molecule has 0 saturated carbocycles. The zero-order valence-electron chi connectivity index (χ0n) is 22.8. The van der Waals surface area contributed by atoms with E-state index in [1.54, 1.807) is 5.10 Å². The molecule has 214 valence electrons. The molecule has 44 heavy (non-hydrogen) atoms. The van der Waals surface area contributed by atoms with Crippen LogP contribution in [-0.4, -0.2) is 134 Å². The molecule has 3 rings (SSSR count). The predicted octanol–water partition coefficient (Wildman–Crippen LogP) is -1.88. The van der Waals surface area contributed by atoms with E-state index in [0.717, 1.165) is 6.20 Å². The van der Waals surface area contributed by atoms with E-state index in [2.05, 4.69) is 20.4 Å². The average molecular weight is 602 g/mol. The van der Waals surface area contributed by atoms with Gasteiger partial charge in [-0.25, -0.2) is 15.1 Å². The molecule has 1 aliphatic heterocycles. The number of anilines is 2. The lowest BCUT2D eigenvalue weighted by molar-refractivity contribution is -0.139. The maximum Gasteiger partial charge on any atom is 0.423 e. The van der Waals surface area contributed by atoms with Crippen molar-refractivity contribution in [1.29, 1.82) is 0 Å². The third kappa shape index (κ3) is 6.41. The lowest BCUT2D eigenvalue weighted by Crippen LogP contribution is -2.93. The van der Waals surface area contributed by atoms with Crippen molar-refractivity contribution in [2.24, 2.45) is 0 Å². The lowest BCUT2D eigenvalue weighted by atomic mass is 9.26. The van der Waals surface area contributed by atoms with Gasteiger partial charge < -0.3 is 19.9 Å². The molecule has 1 saturated heterocycles. The lowest BCUT2D eigenvalue weighted by Gasteiger charge is -2.75. The smallest absolute Gasteiger partial charge is 0.379 e. The van der Waals surface area contributed by atoms with E-state index in [-0.39, 0.29) is 6.61 Å². The Morgan fingerprint density at radius 1 is 0.932 bits per heavy atom. The molecule has 2 aromatic rings. The molecule has 10 nitrogen and oxygen atoms in total. The molecule has 0 spiro atoms. The summed E-state index contributed by atoms with van der Waals surface area (Å²) in [5.74, 6) is -1.80. The minimum Gasteiger partial charge on any atom is -0.379 e. The Balaban J connectivity index is 1.76. The molecule has 1 atom stereocenters. The number of nitrogens with zero attached hydrogens (tertiary/aromatic N) is 5. The quantitative estimate of drug-likeness (QED) is 0.205. The number of hydrogen-bond acceptors (Lipinski definition) is 8. The van der Waals surface area contributed by atoms with Gasteiger partial charge in [-0.3, -0.25) is 9.59 Å². The van der Waals surface area contributed by atoms with E-state index in [4.69, 9.17) is 67.5 Å². The van der Waals surface area contributed by atoms with Crippen molar-refractivity contribution in [1.82, 2.24) is 25.1 Å². The number of hydrogen-bond donors (Lipinski definition) is 2. The van der Waals surface area contributed by atoms with Gasteiger partial charge in [0.2, 0.25) is 11.9 Å². The minimum atomic E-state index is -4.98. The molecule has 24 heteroatoms. The van der Waals surface area contributed by atoms with Crippen LogP contribution in [0.5, 0.6) is 0 Å². The third-order valence-corrected chi connectivity index (χ3v) is 6.55. The van der Waals surface area contributed by atoms with Crippen molar-refractivity contribution < 1.29 is 35.9 Å². The van der Waals surface area contributed by atoms with Crippen molar-refractivity contribution in [3.05, 3.63) is 40.1 Å². The monoisotopic (exact) mass is 603 g/mol. The molecule has 1 fully saturated rings. The highest BCUT2D eigenvalue weighted by atomic mass is 19.4. The number of H-pyrrole nitrogens is 1. The molecular formula is C20H15B8F6N7O3. The average Bonchev–Trinajstić information content (AvgIpc) is 2.84. The van der Waals surface area contributed by atoms with Crippen LogP contribution in [0.4, 0.5) is 38.0 Å². The largest absolute Gasteiger partial charge is 0.423 e. The molecule has 0 aliphatic carbocycles. The van der Waals surface area contributed by atoms with E-state index in [9.17, 15) is 35.9 Å². The minimum absolute atomic E-state index is 0.293. The van der Waals surface area contributed by atoms with Gasteiger partial charge >= 0.3 is 12.4 Å². The summed E-state index contributed by atoms with van der Waals surface area (Å²) >= 11 is 0. The molecule has 0 bridgehead atoms. The SMILES string of the molecule is [B]C1([B])N(C(=O)CCOC[C@H](C)Nc2cn[nH]c(=O)c2C(F)(F)F)C([B])([B])C([B])([B])N(c2ncc(C(F)(F)F)cn2)C1([B])[B]. The Morgan fingerprint density at radius 2 is 1.45 bits per heavy atom. The summed E-state index contributed by atoms with van der Waals surface area (Å²) < 4.78 is 84.1. The van der Waals surface area contributed by atoms with E-state index in [1.165, 1.54) is 6.92 Å². The van der Waals surface area contributed by atoms with Gasteiger partial charge in [0.05, 0.1) is 99.9 Å². The van der Waals surface area contributed by atoms with Crippen LogP contribution in [0.25, 0.3) is 0 Å². The van der Waals surface area contributed by atoms with Crippen LogP contribution in [0.15, 0.2) is 23.4 Å². The number of halogens is 6. The van der Waals surface area contributed by atoms with Gasteiger partial charge in [0.25, 0.3) is 5.56 Å². The van der Waals surface area contributed by atoms with E-state index in [1.807, 2.05) is 0 Å². The van der Waals surface area contributed by atoms with Crippen LogP contribution in [0.3, 0.4) is 0 Å². The maximum atomic E-state index is 13.3. The number of ether oxygens (including phenoxy) is 1. The fourth-order valence-electron chi connectivity index (χ4n) is 4.28. The molecule has 1 amide bonds. The van der Waals surface area contributed by atoms with Crippen LogP contribution < -0.4 is 15.8 Å². The van der Waals surface area contributed by atoms with Crippen molar-refractivity contribution in [3.63, 3.8) is 0 Å². The fraction of sp³-hybridized carbons (Fsp3) is 0.550. The van der Waals surface area contributed by atoms with Gasteiger partial charge in [-0.05, 0) is 28.3 Å². The van der Waals surface area contributed by atoms with E-state index >= 15 is 0 Å². The molecule has 2 aromatic heterocycles. The maximum absolute atomic E-state index is 13.3. The van der Waals surface area contributed by atoms with Crippen LogP contribution in [-0.2, 0) is 21.9 Å². The molecule has 3 heterocycles. The number of amides is 1. The van der Waals surface area contributed by atoms with Gasteiger partial charge in [0.1, 0.15) is 5.56 Å². The first kappa shape index (κ1) is 35.6. The molecule has 16 radical (unpaired) electrons. The van der Waals surface area contributed by atoms with Gasteiger partial charge in [0.15, 0.2) is 0 Å². The second-order valence-corrected chi connectivity index (χ2v) is 9.99. The highest BCUT2D eigenvalue weighted by molar-refractivity contribution is 6.62. The summed E-state index contributed by atoms with van der Waals surface area (Å²) in [6.45, 7) is 0.692. The number of nitrogens with one attached hydrogen (secondary N) is 2. The van der Waals surface area contributed by atoms with Crippen molar-refractivity contribution >= 4 is 80.3 Å². The Hall–Kier alpha value is -2.91. The first-order valence-corrected chi connectivity index (χ1v) is 12.2. The summed E-state index contributed by atoms with van der Waals surface area (Å²) in [6.07, 6.45) is -8.90. The normalized spacial score (nSPS) is 19.7. The first-order chi connectivity index (χ1) is 19.9. The van der Waals surface area contributed by atoms with Crippen molar-refractivity contribution in [2.75, 3.05) is 23.4 Å². The number of aromatic amines is 1. The summed E-state index contributed by atoms with van der Waals surface area (Å²) in [7, 11) is 49.1. The number of piperazine rings is 1. The Bertz CT molecular complexity index is 1400. The molecule has 1 aliphatic rings. The Morgan fingerprint density at radius 3 is 1.93 bits per heavy atom. The molecule has 0 unspecified atom stereocenters. The van der Waals surface area contributed by atoms with Crippen LogP contribution in [0, 0.1) is 0 Å².